The van der Waals surface area contributed by atoms with E-state index in [0.29, 0.717) is 69.7 Å². The van der Waals surface area contributed by atoms with Crippen molar-refractivity contribution in [2.75, 3.05) is 47.1 Å². The van der Waals surface area contributed by atoms with E-state index in [-0.39, 0.29) is 41.4 Å². The predicted molar refractivity (Wildman–Crippen MR) is 168 cm³/mol. The number of fused-ring (bicyclic) bond motifs is 1. The van der Waals surface area contributed by atoms with E-state index in [2.05, 4.69) is 4.90 Å². The molecular weight excluding hydrogens is 594 g/mol. The molecule has 6 atom stereocenters. The maximum absolute atomic E-state index is 14.6. The van der Waals surface area contributed by atoms with E-state index in [1.165, 1.54) is 4.57 Å². The van der Waals surface area contributed by atoms with Crippen molar-refractivity contribution in [2.24, 2.45) is 18.4 Å². The van der Waals surface area contributed by atoms with Gasteiger partial charge in [0.05, 0.1) is 49.3 Å². The molecule has 3 saturated heterocycles. The van der Waals surface area contributed by atoms with Crippen LogP contribution < -0.4 is 10.4 Å². The second kappa shape index (κ2) is 13.1. The Morgan fingerprint density at radius 3 is 2.50 bits per heavy atom. The van der Waals surface area contributed by atoms with Crippen LogP contribution in [0.25, 0.3) is 11.2 Å². The zero-order valence-electron chi connectivity index (χ0n) is 28.1. The summed E-state index contributed by atoms with van der Waals surface area (Å²) in [5.74, 6) is -2.71. The number of aromatic nitrogens is 4. The Hall–Kier alpha value is -2.71. The van der Waals surface area contributed by atoms with E-state index in [4.69, 9.17) is 33.7 Å². The third kappa shape index (κ3) is 5.41. The Balaban J connectivity index is 1.44. The van der Waals surface area contributed by atoms with Crippen molar-refractivity contribution >= 4 is 22.7 Å². The molecule has 13 heteroatoms. The minimum Gasteiger partial charge on any atom is -0.471 e. The Morgan fingerprint density at radius 2 is 1.83 bits per heavy atom. The summed E-state index contributed by atoms with van der Waals surface area (Å²) in [6.45, 7) is 8.36. The number of aryl methyl sites for hydroxylation is 1. The van der Waals surface area contributed by atoms with Crippen LogP contribution in [0.5, 0.6) is 5.88 Å². The molecule has 13 nitrogen and oxygen atoms in total. The molecule has 4 aliphatic rings. The Morgan fingerprint density at radius 1 is 1.09 bits per heavy atom. The molecule has 0 N–H and O–H groups in total. The highest BCUT2D eigenvalue weighted by Gasteiger charge is 2.60. The van der Waals surface area contributed by atoms with Crippen LogP contribution in [-0.2, 0) is 30.8 Å². The molecule has 254 valence electrons. The van der Waals surface area contributed by atoms with Crippen LogP contribution in [0.4, 0.5) is 0 Å². The van der Waals surface area contributed by atoms with Crippen LogP contribution in [0.3, 0.4) is 0 Å². The number of likely N-dealkylation sites (tertiary alicyclic amines) is 1. The molecule has 1 saturated carbocycles. The predicted octanol–water partition coefficient (Wildman–Crippen LogP) is 3.07. The first-order valence-electron chi connectivity index (χ1n) is 16.9. The van der Waals surface area contributed by atoms with Crippen molar-refractivity contribution in [1.82, 2.24) is 24.0 Å². The Labute approximate surface area is 269 Å². The zero-order chi connectivity index (χ0) is 32.8. The molecule has 1 aliphatic carbocycles. The summed E-state index contributed by atoms with van der Waals surface area (Å²) in [4.78, 5) is 54.4. The smallest absolute Gasteiger partial charge is 0.330 e. The first-order valence-corrected chi connectivity index (χ1v) is 16.9. The molecule has 4 fully saturated rings. The number of ether oxygens (including phenoxy) is 5. The van der Waals surface area contributed by atoms with Crippen molar-refractivity contribution in [1.29, 1.82) is 0 Å². The standard InChI is InChI=1S/C33H49N5O8/c1-7-10-22(27(40)32(3)13-8-9-14-33(32)44-17-18-45-33)26(39)28-34-29-25(37(5)31(41)38(29)21-12-16-43-19-21)30(35-28)46-20(2)24-23(42-6)11-15-36(24)4/h20-24H,7-19H2,1-6H3/t20-,21+,22?,23-,24+,32+/m0/s1. The number of rotatable bonds is 11. The monoisotopic (exact) mass is 643 g/mol. The highest BCUT2D eigenvalue weighted by molar-refractivity contribution is 6.11. The second-order valence-corrected chi connectivity index (χ2v) is 13.7. The van der Waals surface area contributed by atoms with Gasteiger partial charge in [0.25, 0.3) is 0 Å². The van der Waals surface area contributed by atoms with Crippen molar-refractivity contribution in [3.63, 3.8) is 0 Å². The number of carbonyl (C=O) groups excluding carboxylic acids is 2. The number of nitrogens with zero attached hydrogens (tertiary/aromatic N) is 5. The van der Waals surface area contributed by atoms with E-state index < -0.39 is 29.0 Å². The fraction of sp³-hybridized carbons (Fsp3) is 0.788. The van der Waals surface area contributed by atoms with Crippen molar-refractivity contribution in [3.8, 4) is 5.88 Å². The quantitative estimate of drug-likeness (QED) is 0.264. The van der Waals surface area contributed by atoms with E-state index in [1.54, 1.807) is 18.7 Å². The third-order valence-electron chi connectivity index (χ3n) is 10.9. The van der Waals surface area contributed by atoms with E-state index in [1.807, 2.05) is 27.8 Å². The lowest BCUT2D eigenvalue weighted by Crippen LogP contribution is -2.56. The molecule has 46 heavy (non-hydrogen) atoms. The number of carbonyl (C=O) groups is 2. The third-order valence-corrected chi connectivity index (χ3v) is 10.9. The molecule has 2 aromatic rings. The summed E-state index contributed by atoms with van der Waals surface area (Å²) in [6.07, 6.45) is 4.92. The number of hydrogen-bond donors (Lipinski definition) is 0. The van der Waals surface area contributed by atoms with Crippen LogP contribution in [0.1, 0.15) is 88.8 Å². The number of imidazole rings is 1. The van der Waals surface area contributed by atoms with Gasteiger partial charge in [-0.1, -0.05) is 19.8 Å². The lowest BCUT2D eigenvalue weighted by atomic mass is 9.64. The average molecular weight is 644 g/mol. The van der Waals surface area contributed by atoms with Gasteiger partial charge in [-0.25, -0.2) is 9.78 Å². The van der Waals surface area contributed by atoms with Gasteiger partial charge in [-0.05, 0) is 53.0 Å². The minimum atomic E-state index is -1.03. The Bertz CT molecular complexity index is 1510. The number of hydrogen-bond acceptors (Lipinski definition) is 11. The molecular formula is C33H49N5O8. The molecule has 6 rings (SSSR count). The largest absolute Gasteiger partial charge is 0.471 e. The maximum Gasteiger partial charge on any atom is 0.330 e. The van der Waals surface area contributed by atoms with Gasteiger partial charge in [0.15, 0.2) is 22.7 Å². The zero-order valence-corrected chi connectivity index (χ0v) is 28.1. The SMILES string of the molecule is CCCC(C(=O)c1nc(O[C@@H](C)[C@@H]2[C@@H](OC)CCN2C)c2c(n1)n([C@@H]1CCOC1)c(=O)n2C)C(=O)[C@@]1(C)CCCCC12OCCO2. The number of methoxy groups -OCH3 is 1. The van der Waals surface area contributed by atoms with Crippen molar-refractivity contribution < 1.29 is 33.3 Å². The fourth-order valence-corrected chi connectivity index (χ4v) is 8.32. The van der Waals surface area contributed by atoms with Crippen LogP contribution in [0.2, 0.25) is 0 Å². The summed E-state index contributed by atoms with van der Waals surface area (Å²) in [5, 5.41) is 0. The molecule has 0 bridgehead atoms. The average Bonchev–Trinajstić information content (AvgIpc) is 3.85. The van der Waals surface area contributed by atoms with Gasteiger partial charge in [-0.3, -0.25) is 23.6 Å². The fourth-order valence-electron chi connectivity index (χ4n) is 8.32. The first-order chi connectivity index (χ1) is 22.1. The van der Waals surface area contributed by atoms with Gasteiger partial charge >= 0.3 is 5.69 Å². The van der Waals surface area contributed by atoms with Gasteiger partial charge in [0, 0.05) is 33.7 Å². The molecule has 0 amide bonds. The molecule has 0 aromatic carbocycles. The van der Waals surface area contributed by atoms with Crippen LogP contribution in [-0.4, -0.2) is 107 Å². The maximum atomic E-state index is 14.6. The van der Waals surface area contributed by atoms with Gasteiger partial charge in [-0.2, -0.15) is 4.98 Å². The summed E-state index contributed by atoms with van der Waals surface area (Å²) in [6, 6.07) is -0.316. The van der Waals surface area contributed by atoms with E-state index >= 15 is 0 Å². The summed E-state index contributed by atoms with van der Waals surface area (Å²) in [7, 11) is 5.38. The van der Waals surface area contributed by atoms with Crippen molar-refractivity contribution in [3.05, 3.63) is 16.3 Å². The molecule has 0 radical (unpaired) electrons. The Kier molecular flexibility index (Phi) is 9.43. The molecule has 2 aromatic heterocycles. The lowest BCUT2D eigenvalue weighted by molar-refractivity contribution is -0.245. The van der Waals surface area contributed by atoms with E-state index in [9.17, 15) is 14.4 Å². The van der Waals surface area contributed by atoms with Crippen LogP contribution in [0.15, 0.2) is 4.79 Å². The summed E-state index contributed by atoms with van der Waals surface area (Å²) >= 11 is 0. The highest BCUT2D eigenvalue weighted by atomic mass is 16.7. The molecule has 1 unspecified atom stereocenters. The minimum absolute atomic E-state index is 0.0439. The van der Waals surface area contributed by atoms with Crippen LogP contribution in [0, 0.1) is 11.3 Å². The normalized spacial score (nSPS) is 29.5. The van der Waals surface area contributed by atoms with Gasteiger partial charge in [-0.15, -0.1) is 0 Å². The summed E-state index contributed by atoms with van der Waals surface area (Å²) in [5.41, 5.74) is -0.577. The van der Waals surface area contributed by atoms with E-state index in [0.717, 1.165) is 25.8 Å². The summed E-state index contributed by atoms with van der Waals surface area (Å²) < 4.78 is 33.3. The van der Waals surface area contributed by atoms with Gasteiger partial charge in [0.1, 0.15) is 6.10 Å². The van der Waals surface area contributed by atoms with Gasteiger partial charge in [0.2, 0.25) is 17.5 Å². The topological polar surface area (TPSA) is 136 Å². The molecule has 3 aliphatic heterocycles. The molecule has 1 spiro atoms. The number of likely N-dealkylation sites (N-methyl/N-ethyl adjacent to an activating group) is 1. The van der Waals surface area contributed by atoms with Crippen LogP contribution >= 0.6 is 0 Å². The second-order valence-electron chi connectivity index (χ2n) is 13.7. The number of Topliss-reactive ketones (excluding diaryl/α,β-unsaturated/α-hetero) is 2. The van der Waals surface area contributed by atoms with Crippen molar-refractivity contribution in [2.45, 2.75) is 102 Å². The molecule has 5 heterocycles. The lowest BCUT2D eigenvalue weighted by Gasteiger charge is -2.47. The van der Waals surface area contributed by atoms with Gasteiger partial charge < -0.3 is 23.7 Å². The first kappa shape index (κ1) is 33.2. The highest BCUT2D eigenvalue weighted by Crippen LogP contribution is 2.51. The number of ketones is 2.